The van der Waals surface area contributed by atoms with Gasteiger partial charge in [-0.15, -0.1) is 9.90 Å². The summed E-state index contributed by atoms with van der Waals surface area (Å²) >= 11 is 0. The van der Waals surface area contributed by atoms with E-state index in [4.69, 9.17) is 0 Å². The fourth-order valence-electron chi connectivity index (χ4n) is 5.14. The van der Waals surface area contributed by atoms with E-state index >= 15 is 0 Å². The van der Waals surface area contributed by atoms with E-state index in [9.17, 15) is 19.2 Å². The maximum absolute atomic E-state index is 13.5. The Hall–Kier alpha value is -5.39. The summed E-state index contributed by atoms with van der Waals surface area (Å²) in [6, 6.07) is 19.0. The van der Waals surface area contributed by atoms with Crippen LogP contribution in [0.3, 0.4) is 0 Å². The molecule has 0 spiro atoms. The number of rotatable bonds is 8. The zero-order valence-electron chi connectivity index (χ0n) is 24.5. The number of carbonyl (C=O) groups is 4. The number of carbonyl (C=O) groups excluding carboxylic acids is 4. The first kappa shape index (κ1) is 28.7. The largest absolute Gasteiger partial charge is 0.321 e. The molecule has 12 nitrogen and oxygen atoms in total. The van der Waals surface area contributed by atoms with Crippen LogP contribution in [0.25, 0.3) is 0 Å². The van der Waals surface area contributed by atoms with Crippen LogP contribution in [0.5, 0.6) is 0 Å². The van der Waals surface area contributed by atoms with E-state index in [2.05, 4.69) is 57.4 Å². The number of aromatic nitrogens is 4. The third kappa shape index (κ3) is 6.05. The summed E-state index contributed by atoms with van der Waals surface area (Å²) in [5, 5.41) is 23.2. The number of hydrogen-bond donors (Lipinski definition) is 4. The molecule has 0 bridgehead atoms. The molecule has 0 saturated heterocycles. The standard InChI is InChI=1S/C32H32N8O4/c1-32(2,3)21-13-11-19(12-14-21)26(40-38-30(37-39-40)36-27(41)20-7-5-4-6-8-20)34-31(44)33-24-16-15-22-25(29(43)35-28(22)42)23(24)17-18-9-10-18/h4-8,11-16,18,26H,9-10,17H2,1-3H3,(H2,33,34,44)(H,35,42,43)(H,36,38,41). The van der Waals surface area contributed by atoms with Gasteiger partial charge in [-0.05, 0) is 76.8 Å². The molecule has 3 aromatic carbocycles. The molecule has 1 aliphatic heterocycles. The van der Waals surface area contributed by atoms with E-state index in [1.54, 1.807) is 36.4 Å². The van der Waals surface area contributed by atoms with Crippen molar-refractivity contribution < 1.29 is 19.2 Å². The molecule has 4 aromatic rings. The second-order valence-corrected chi connectivity index (χ2v) is 12.1. The average Bonchev–Trinajstić information content (AvgIpc) is 3.62. The molecule has 1 saturated carbocycles. The lowest BCUT2D eigenvalue weighted by molar-refractivity contribution is 0.0878. The summed E-state index contributed by atoms with van der Waals surface area (Å²) < 4.78 is 0. The quantitative estimate of drug-likeness (QED) is 0.220. The van der Waals surface area contributed by atoms with Gasteiger partial charge >= 0.3 is 6.03 Å². The molecule has 44 heavy (non-hydrogen) atoms. The zero-order valence-corrected chi connectivity index (χ0v) is 24.5. The lowest BCUT2D eigenvalue weighted by Crippen LogP contribution is -2.37. The normalized spacial score (nSPS) is 14.9. The van der Waals surface area contributed by atoms with Gasteiger partial charge in [-0.25, -0.2) is 4.79 Å². The summed E-state index contributed by atoms with van der Waals surface area (Å²) in [5.41, 5.74) is 3.82. The molecule has 224 valence electrons. The fourth-order valence-corrected chi connectivity index (χ4v) is 5.14. The summed E-state index contributed by atoms with van der Waals surface area (Å²) in [5.74, 6) is -0.933. The molecule has 5 amide bonds. The van der Waals surface area contributed by atoms with Gasteiger partial charge < -0.3 is 10.6 Å². The van der Waals surface area contributed by atoms with Crippen LogP contribution in [0.4, 0.5) is 16.4 Å². The average molecular weight is 593 g/mol. The number of fused-ring (bicyclic) bond motifs is 1. The Morgan fingerprint density at radius 1 is 0.955 bits per heavy atom. The van der Waals surface area contributed by atoms with Crippen LogP contribution >= 0.6 is 0 Å². The van der Waals surface area contributed by atoms with E-state index in [1.807, 2.05) is 30.3 Å². The molecule has 4 N–H and O–H groups in total. The number of imide groups is 1. The number of hydrogen-bond acceptors (Lipinski definition) is 7. The molecule has 1 atom stereocenters. The van der Waals surface area contributed by atoms with Crippen LogP contribution in [-0.4, -0.2) is 44.0 Å². The molecule has 2 heterocycles. The number of benzene rings is 3. The molecule has 0 radical (unpaired) electrons. The van der Waals surface area contributed by atoms with Crippen LogP contribution in [-0.2, 0) is 11.8 Å². The van der Waals surface area contributed by atoms with Crippen LogP contribution in [0.2, 0.25) is 0 Å². The van der Waals surface area contributed by atoms with E-state index in [0.29, 0.717) is 45.8 Å². The highest BCUT2D eigenvalue weighted by Crippen LogP contribution is 2.38. The van der Waals surface area contributed by atoms with Crippen molar-refractivity contribution in [1.29, 1.82) is 0 Å². The second-order valence-electron chi connectivity index (χ2n) is 12.1. The Balaban J connectivity index is 1.28. The van der Waals surface area contributed by atoms with Crippen molar-refractivity contribution in [3.05, 3.63) is 100 Å². The van der Waals surface area contributed by atoms with Crippen LogP contribution in [0.15, 0.2) is 66.7 Å². The van der Waals surface area contributed by atoms with Crippen molar-refractivity contribution in [2.45, 2.75) is 51.6 Å². The number of nitrogens with one attached hydrogen (secondary N) is 4. The van der Waals surface area contributed by atoms with Crippen LogP contribution in [0, 0.1) is 5.92 Å². The first-order valence-corrected chi connectivity index (χ1v) is 14.4. The van der Waals surface area contributed by atoms with E-state index in [0.717, 1.165) is 18.4 Å². The Labute approximate surface area is 253 Å². The van der Waals surface area contributed by atoms with Gasteiger partial charge in [-0.2, -0.15) is 0 Å². The van der Waals surface area contributed by atoms with Gasteiger partial charge in [0.05, 0.1) is 11.1 Å². The minimum absolute atomic E-state index is 0.0293. The van der Waals surface area contributed by atoms with Crippen LogP contribution < -0.4 is 21.3 Å². The van der Waals surface area contributed by atoms with Crippen molar-refractivity contribution in [3.63, 3.8) is 0 Å². The highest BCUT2D eigenvalue weighted by molar-refractivity contribution is 6.23. The Morgan fingerprint density at radius 3 is 2.36 bits per heavy atom. The zero-order chi connectivity index (χ0) is 31.0. The van der Waals surface area contributed by atoms with Gasteiger partial charge in [0.15, 0.2) is 6.17 Å². The predicted octanol–water partition coefficient (Wildman–Crippen LogP) is 4.43. The highest BCUT2D eigenvalue weighted by atomic mass is 16.2. The van der Waals surface area contributed by atoms with Gasteiger partial charge in [0.1, 0.15) is 0 Å². The molecule has 1 fully saturated rings. The summed E-state index contributed by atoms with van der Waals surface area (Å²) in [6.45, 7) is 6.32. The monoisotopic (exact) mass is 592 g/mol. The Kier molecular flexibility index (Phi) is 7.41. The number of tetrazole rings is 1. The first-order chi connectivity index (χ1) is 21.1. The molecular weight excluding hydrogens is 560 g/mol. The predicted molar refractivity (Wildman–Crippen MR) is 162 cm³/mol. The van der Waals surface area contributed by atoms with Gasteiger partial charge in [-0.1, -0.05) is 68.3 Å². The SMILES string of the molecule is CC(C)(C)c1ccc(C(NC(=O)Nc2ccc3c(c2CC2CC2)C(=O)NC3=O)n2nnc(NC(=O)c3ccccc3)n2)cc1. The van der Waals surface area contributed by atoms with Gasteiger partial charge in [0.2, 0.25) is 0 Å². The van der Waals surface area contributed by atoms with Gasteiger partial charge in [0.25, 0.3) is 23.7 Å². The topological polar surface area (TPSA) is 160 Å². The number of urea groups is 1. The maximum Gasteiger partial charge on any atom is 0.321 e. The number of amides is 5. The lowest BCUT2D eigenvalue weighted by atomic mass is 9.86. The number of anilines is 2. The van der Waals surface area contributed by atoms with Crippen LogP contribution in [0.1, 0.15) is 87.5 Å². The molecule has 1 aromatic heterocycles. The van der Waals surface area contributed by atoms with E-state index in [1.165, 1.54) is 4.80 Å². The van der Waals surface area contributed by atoms with Crippen molar-refractivity contribution in [2.75, 3.05) is 10.6 Å². The van der Waals surface area contributed by atoms with Gasteiger partial charge in [0, 0.05) is 11.3 Å². The smallest absolute Gasteiger partial charge is 0.310 e. The highest BCUT2D eigenvalue weighted by Gasteiger charge is 2.34. The van der Waals surface area contributed by atoms with Gasteiger partial charge in [-0.3, -0.25) is 25.0 Å². The Bertz CT molecular complexity index is 1760. The third-order valence-electron chi connectivity index (χ3n) is 7.73. The second kappa shape index (κ2) is 11.4. The lowest BCUT2D eigenvalue weighted by Gasteiger charge is -2.22. The van der Waals surface area contributed by atoms with Crippen molar-refractivity contribution in [3.8, 4) is 0 Å². The van der Waals surface area contributed by atoms with Crippen molar-refractivity contribution in [1.82, 2.24) is 30.8 Å². The molecule has 12 heteroatoms. The molecule has 1 aliphatic carbocycles. The van der Waals surface area contributed by atoms with Crippen molar-refractivity contribution >= 4 is 35.4 Å². The van der Waals surface area contributed by atoms with E-state index < -0.39 is 29.9 Å². The summed E-state index contributed by atoms with van der Waals surface area (Å²) in [6.07, 6.45) is 1.73. The molecule has 1 unspecified atom stereocenters. The first-order valence-electron chi connectivity index (χ1n) is 14.4. The summed E-state index contributed by atoms with van der Waals surface area (Å²) in [4.78, 5) is 52.3. The Morgan fingerprint density at radius 2 is 1.68 bits per heavy atom. The van der Waals surface area contributed by atoms with Crippen molar-refractivity contribution in [2.24, 2.45) is 5.92 Å². The molecular formula is C32H32N8O4. The fraction of sp³-hybridized carbons (Fsp3) is 0.281. The molecule has 2 aliphatic rings. The van der Waals surface area contributed by atoms with E-state index in [-0.39, 0.29) is 11.4 Å². The minimum Gasteiger partial charge on any atom is -0.310 e. The minimum atomic E-state index is -0.898. The third-order valence-corrected chi connectivity index (χ3v) is 7.73. The number of nitrogens with zero attached hydrogens (tertiary/aromatic N) is 4. The molecule has 6 rings (SSSR count). The summed E-state index contributed by atoms with van der Waals surface area (Å²) in [7, 11) is 0. The maximum atomic E-state index is 13.5.